The molecular weight excluding hydrogens is 540 g/mol. The number of nitrogens with zero attached hydrogens (tertiary/aromatic N) is 2. The van der Waals surface area contributed by atoms with Gasteiger partial charge in [-0.3, -0.25) is 19.3 Å². The van der Waals surface area contributed by atoms with Gasteiger partial charge in [0, 0.05) is 47.9 Å². The van der Waals surface area contributed by atoms with Gasteiger partial charge in [0.25, 0.3) is 5.91 Å². The molecule has 0 fully saturated rings. The lowest BCUT2D eigenvalue weighted by atomic mass is 9.58. The fourth-order valence-corrected chi connectivity index (χ4v) is 6.99. The van der Waals surface area contributed by atoms with E-state index in [0.29, 0.717) is 34.4 Å². The summed E-state index contributed by atoms with van der Waals surface area (Å²) in [6.07, 6.45) is 0.376. The van der Waals surface area contributed by atoms with Crippen LogP contribution >= 0.6 is 0 Å². The van der Waals surface area contributed by atoms with Crippen molar-refractivity contribution >= 4 is 39.8 Å². The van der Waals surface area contributed by atoms with E-state index in [9.17, 15) is 29.7 Å². The molecule has 11 nitrogen and oxygen atoms in total. The zero-order chi connectivity index (χ0) is 30.4. The minimum atomic E-state index is -2.64. The molecule has 1 aromatic heterocycles. The van der Waals surface area contributed by atoms with E-state index >= 15 is 0 Å². The summed E-state index contributed by atoms with van der Waals surface area (Å²) >= 11 is 0. The highest BCUT2D eigenvalue weighted by Gasteiger charge is 2.63. The number of hydrogen-bond acceptors (Lipinski definition) is 10. The number of carbonyl (C=O) groups excluding carboxylic acids is 3. The minimum absolute atomic E-state index is 0.0749. The van der Waals surface area contributed by atoms with Crippen molar-refractivity contribution in [2.45, 2.75) is 24.5 Å². The molecule has 0 spiro atoms. The number of nitrogen functional groups attached to an aromatic ring is 1. The maximum atomic E-state index is 14.4. The lowest BCUT2D eigenvalue weighted by molar-refractivity contribution is -0.148. The average molecular weight is 573 g/mol. The van der Waals surface area contributed by atoms with Gasteiger partial charge in [-0.15, -0.1) is 0 Å². The maximum Gasteiger partial charge on any atom is 0.255 e. The summed E-state index contributed by atoms with van der Waals surface area (Å²) in [5.41, 5.74) is 11.1. The van der Waals surface area contributed by atoms with Crippen LogP contribution in [0.25, 0.3) is 22.3 Å². The third kappa shape index (κ3) is 3.63. The van der Waals surface area contributed by atoms with Gasteiger partial charge in [0.15, 0.2) is 11.4 Å². The predicted octanol–water partition coefficient (Wildman–Crippen LogP) is 2.48. The number of allylic oxidation sites excluding steroid dienone is 1. The van der Waals surface area contributed by atoms with Gasteiger partial charge in [-0.25, -0.2) is 0 Å². The number of Topliss-reactive ketones (excluding diaryl/α,β-unsaturated/α-hetero) is 2. The molecule has 4 atom stereocenters. The number of amides is 1. The largest absolute Gasteiger partial charge is 0.510 e. The van der Waals surface area contributed by atoms with Gasteiger partial charge in [0.1, 0.15) is 28.4 Å². The molecule has 0 saturated carbocycles. The van der Waals surface area contributed by atoms with Crippen molar-refractivity contribution in [3.8, 4) is 11.3 Å². The smallest absolute Gasteiger partial charge is 0.255 e. The van der Waals surface area contributed by atoms with Gasteiger partial charge in [-0.2, -0.15) is 0 Å². The molecule has 1 amide bonds. The van der Waals surface area contributed by atoms with E-state index in [0.717, 1.165) is 11.3 Å². The van der Waals surface area contributed by atoms with Gasteiger partial charge >= 0.3 is 0 Å². The van der Waals surface area contributed by atoms with Crippen LogP contribution in [-0.2, 0) is 16.0 Å². The Labute approximate surface area is 241 Å². The van der Waals surface area contributed by atoms with Crippen LogP contribution < -0.4 is 16.4 Å². The number of carbonyl (C=O) groups is 3. The molecule has 0 saturated heterocycles. The minimum Gasteiger partial charge on any atom is -0.510 e. The number of likely N-dealkylation sites (N-methyl/N-ethyl adjacent to an activating group) is 1. The van der Waals surface area contributed by atoms with Crippen molar-refractivity contribution in [2.24, 2.45) is 17.6 Å². The first-order valence-corrected chi connectivity index (χ1v) is 13.5. The quantitative estimate of drug-likeness (QED) is 0.230. The molecule has 3 aliphatic rings. The van der Waals surface area contributed by atoms with E-state index in [1.165, 1.54) is 0 Å². The summed E-state index contributed by atoms with van der Waals surface area (Å²) in [7, 11) is 6.96. The predicted molar refractivity (Wildman–Crippen MR) is 156 cm³/mol. The SMILES string of the molecule is CN(C)c1cc2cc(-c3ccc(N)cc3)oc2c2c1C[C@H]1C[C@H]3[C@H](N(C)C)C(O)=C(C(N)=O)C(=O)[C@@]3(O)C(O)=C1C2=O. The monoisotopic (exact) mass is 572 g/mol. The summed E-state index contributed by atoms with van der Waals surface area (Å²) in [5.74, 6) is -5.56. The van der Waals surface area contributed by atoms with E-state index < -0.39 is 58.0 Å². The van der Waals surface area contributed by atoms with E-state index in [4.69, 9.17) is 15.9 Å². The third-order valence-corrected chi connectivity index (χ3v) is 8.88. The lowest BCUT2D eigenvalue weighted by Crippen LogP contribution is -2.63. The first-order valence-electron chi connectivity index (χ1n) is 13.5. The molecule has 42 heavy (non-hydrogen) atoms. The second-order valence-corrected chi connectivity index (χ2v) is 11.8. The number of fused-ring (bicyclic) bond motifs is 5. The first-order chi connectivity index (χ1) is 19.8. The number of rotatable bonds is 4. The molecule has 3 aromatic rings. The molecule has 3 aliphatic carbocycles. The molecular formula is C31H32N4O7. The van der Waals surface area contributed by atoms with Crippen LogP contribution in [-0.4, -0.2) is 77.5 Å². The maximum absolute atomic E-state index is 14.4. The molecule has 1 heterocycles. The fraction of sp³-hybridized carbons (Fsp3) is 0.323. The van der Waals surface area contributed by atoms with Gasteiger partial charge in [-0.1, -0.05) is 0 Å². The standard InChI is InChI=1S/C31H32N4O7/c1-34(2)19-11-15-12-20(13-5-7-16(32)8-6-13)42-27(15)22-17(19)9-14-10-18-24(35(3)4)26(37)23(30(33)40)29(39)31(18,41)28(38)21(14)25(22)36/h5-8,11-12,14,18,24,37-38,41H,9-10,32H2,1-4H3,(H2,33,40)/t14-,18-,24-,31-/m0/s1. The van der Waals surface area contributed by atoms with E-state index in [-0.39, 0.29) is 17.6 Å². The summed E-state index contributed by atoms with van der Waals surface area (Å²) in [6, 6.07) is 9.87. The Balaban J connectivity index is 1.58. The number of hydrogen-bond donors (Lipinski definition) is 5. The van der Waals surface area contributed by atoms with Crippen molar-refractivity contribution in [2.75, 3.05) is 38.8 Å². The molecule has 0 unspecified atom stereocenters. The average Bonchev–Trinajstić information content (AvgIpc) is 3.34. The number of aliphatic hydroxyl groups excluding tert-OH is 2. The van der Waals surface area contributed by atoms with Crippen LogP contribution in [0.3, 0.4) is 0 Å². The van der Waals surface area contributed by atoms with Crippen molar-refractivity contribution in [1.29, 1.82) is 0 Å². The van der Waals surface area contributed by atoms with Crippen LogP contribution in [0.1, 0.15) is 22.3 Å². The Morgan fingerprint density at radius 2 is 1.74 bits per heavy atom. The normalized spacial score (nSPS) is 25.5. The van der Waals surface area contributed by atoms with Crippen LogP contribution in [0.15, 0.2) is 63.5 Å². The summed E-state index contributed by atoms with van der Waals surface area (Å²) < 4.78 is 6.25. The molecule has 11 heteroatoms. The highest BCUT2D eigenvalue weighted by Crippen LogP contribution is 2.53. The zero-order valence-corrected chi connectivity index (χ0v) is 23.6. The lowest BCUT2D eigenvalue weighted by Gasteiger charge is -2.50. The fourth-order valence-electron chi connectivity index (χ4n) is 6.99. The number of ketones is 2. The topological polar surface area (TPSA) is 184 Å². The second kappa shape index (κ2) is 9.20. The van der Waals surface area contributed by atoms with E-state index in [1.807, 2.05) is 43.3 Å². The third-order valence-electron chi connectivity index (χ3n) is 8.88. The van der Waals surface area contributed by atoms with E-state index in [1.54, 1.807) is 31.1 Å². The highest BCUT2D eigenvalue weighted by atomic mass is 16.4. The Hall–Kier alpha value is -4.61. The molecule has 0 radical (unpaired) electrons. The van der Waals surface area contributed by atoms with Gasteiger partial charge in [0.2, 0.25) is 5.78 Å². The number of benzene rings is 2. The number of nitrogens with two attached hydrogens (primary N) is 2. The van der Waals surface area contributed by atoms with Crippen molar-refractivity contribution in [1.82, 2.24) is 4.90 Å². The molecule has 2 aromatic carbocycles. The first kappa shape index (κ1) is 27.6. The Morgan fingerprint density at radius 1 is 1.07 bits per heavy atom. The molecule has 218 valence electrons. The summed E-state index contributed by atoms with van der Waals surface area (Å²) in [6.45, 7) is 0. The van der Waals surface area contributed by atoms with E-state index in [2.05, 4.69) is 0 Å². The Kier molecular flexibility index (Phi) is 6.03. The Morgan fingerprint density at radius 3 is 2.33 bits per heavy atom. The van der Waals surface area contributed by atoms with Gasteiger partial charge in [0.05, 0.1) is 11.6 Å². The van der Waals surface area contributed by atoms with Crippen molar-refractivity contribution in [3.63, 3.8) is 0 Å². The highest BCUT2D eigenvalue weighted by molar-refractivity contribution is 6.25. The second-order valence-electron chi connectivity index (χ2n) is 11.8. The van der Waals surface area contributed by atoms with Crippen molar-refractivity contribution < 1.29 is 34.1 Å². The van der Waals surface area contributed by atoms with Gasteiger partial charge in [-0.05, 0) is 74.8 Å². The van der Waals surface area contributed by atoms with Crippen LogP contribution in [0.2, 0.25) is 0 Å². The van der Waals surface area contributed by atoms with Crippen LogP contribution in [0.4, 0.5) is 11.4 Å². The molecule has 0 bridgehead atoms. The van der Waals surface area contributed by atoms with Crippen LogP contribution in [0.5, 0.6) is 0 Å². The van der Waals surface area contributed by atoms with Gasteiger partial charge < -0.3 is 36.1 Å². The molecule has 0 aliphatic heterocycles. The summed E-state index contributed by atoms with van der Waals surface area (Å²) in [4.78, 5) is 43.6. The Bertz CT molecular complexity index is 1770. The summed E-state index contributed by atoms with van der Waals surface area (Å²) in [5, 5.41) is 35.1. The van der Waals surface area contributed by atoms with Crippen molar-refractivity contribution in [3.05, 3.63) is 70.2 Å². The molecule has 7 N–H and O–H groups in total. The number of furan rings is 1. The number of anilines is 2. The number of primary amides is 1. The zero-order valence-electron chi connectivity index (χ0n) is 23.6. The van der Waals surface area contributed by atoms with Crippen LogP contribution in [0, 0.1) is 11.8 Å². The number of aliphatic hydroxyl groups is 3. The molecule has 6 rings (SSSR count).